The maximum absolute atomic E-state index is 13.8. The van der Waals surface area contributed by atoms with Crippen molar-refractivity contribution in [3.8, 4) is 5.75 Å². The zero-order valence-corrected chi connectivity index (χ0v) is 9.87. The molecule has 2 nitrogen and oxygen atoms in total. The minimum Gasteiger partial charge on any atom is -0.508 e. The summed E-state index contributed by atoms with van der Waals surface area (Å²) >= 11 is 0. The van der Waals surface area contributed by atoms with Crippen molar-refractivity contribution in [2.24, 2.45) is 0 Å². The maximum atomic E-state index is 13.8. The molecule has 0 aromatic heterocycles. The Balaban J connectivity index is 2.51. The lowest BCUT2D eigenvalue weighted by molar-refractivity contribution is 0.468. The van der Waals surface area contributed by atoms with Gasteiger partial charge in [-0.2, -0.15) is 0 Å². The maximum Gasteiger partial charge on any atom is 0.136 e. The zero-order valence-electron chi connectivity index (χ0n) is 9.87. The van der Waals surface area contributed by atoms with E-state index in [1.54, 1.807) is 6.07 Å². The molecule has 1 aliphatic heterocycles. The van der Waals surface area contributed by atoms with Gasteiger partial charge < -0.3 is 10.0 Å². The number of rotatable bonds is 1. The molecule has 0 amide bonds. The number of benzene rings is 1. The number of hydrogen-bond donors (Lipinski definition) is 1. The predicted octanol–water partition coefficient (Wildman–Crippen LogP) is 3.28. The quantitative estimate of drug-likeness (QED) is 0.801. The highest BCUT2D eigenvalue weighted by atomic mass is 19.1. The van der Waals surface area contributed by atoms with E-state index in [1.807, 2.05) is 31.0 Å². The van der Waals surface area contributed by atoms with Gasteiger partial charge in [-0.05, 0) is 30.7 Å². The second kappa shape index (κ2) is 4.09. The number of hydrogen-bond acceptors (Lipinski definition) is 2. The Hall–Kier alpha value is -2.03. The Morgan fingerprint density at radius 1 is 1.29 bits per heavy atom. The zero-order chi connectivity index (χ0) is 12.6. The molecular formula is C14H14FNO. The van der Waals surface area contributed by atoms with Crippen molar-refractivity contribution in [2.75, 3.05) is 7.05 Å². The molecule has 0 spiro atoms. The highest BCUT2D eigenvalue weighted by molar-refractivity contribution is 5.71. The van der Waals surface area contributed by atoms with Crippen LogP contribution in [0.2, 0.25) is 0 Å². The van der Waals surface area contributed by atoms with Crippen molar-refractivity contribution in [3.63, 3.8) is 0 Å². The molecule has 1 aliphatic rings. The van der Waals surface area contributed by atoms with Crippen molar-refractivity contribution in [3.05, 3.63) is 59.6 Å². The van der Waals surface area contributed by atoms with E-state index in [-0.39, 0.29) is 5.75 Å². The minimum atomic E-state index is -0.441. The molecule has 1 aromatic rings. The van der Waals surface area contributed by atoms with E-state index in [0.717, 1.165) is 23.0 Å². The third-order valence-electron chi connectivity index (χ3n) is 2.94. The van der Waals surface area contributed by atoms with Gasteiger partial charge in [-0.15, -0.1) is 0 Å². The first-order chi connectivity index (χ1) is 8.00. The summed E-state index contributed by atoms with van der Waals surface area (Å²) in [5, 5.41) is 9.19. The van der Waals surface area contributed by atoms with Crippen LogP contribution in [-0.4, -0.2) is 17.1 Å². The molecule has 3 heteroatoms. The van der Waals surface area contributed by atoms with Crippen LogP contribution in [0.1, 0.15) is 12.5 Å². The normalized spacial score (nSPS) is 15.7. The minimum absolute atomic E-state index is 0.0733. The first-order valence-electron chi connectivity index (χ1n) is 5.31. The lowest BCUT2D eigenvalue weighted by atomic mass is 10.0. The topological polar surface area (TPSA) is 23.5 Å². The van der Waals surface area contributed by atoms with Crippen LogP contribution in [0.5, 0.6) is 5.75 Å². The molecule has 0 atom stereocenters. The van der Waals surface area contributed by atoms with E-state index in [9.17, 15) is 9.50 Å². The van der Waals surface area contributed by atoms with Crippen LogP contribution in [0, 0.1) is 5.82 Å². The number of allylic oxidation sites excluding steroid dienone is 3. The summed E-state index contributed by atoms with van der Waals surface area (Å²) in [4.78, 5) is 1.84. The average molecular weight is 231 g/mol. The number of likely N-dealkylation sites (N-methyl/N-ethyl adjacent to an activating group) is 1. The molecule has 0 fully saturated rings. The van der Waals surface area contributed by atoms with Crippen LogP contribution in [0.25, 0.3) is 5.70 Å². The second-order valence-corrected chi connectivity index (χ2v) is 4.07. The van der Waals surface area contributed by atoms with Crippen LogP contribution in [0.4, 0.5) is 4.39 Å². The first kappa shape index (κ1) is 11.5. The Morgan fingerprint density at radius 2 is 2.00 bits per heavy atom. The SMILES string of the molecule is C=C1C(C)=CC=C(c2ccc(O)cc2F)N1C. The fourth-order valence-electron chi connectivity index (χ4n) is 1.80. The van der Waals surface area contributed by atoms with E-state index in [2.05, 4.69) is 6.58 Å². The summed E-state index contributed by atoms with van der Waals surface area (Å²) in [6.45, 7) is 5.90. The molecule has 17 heavy (non-hydrogen) atoms. The summed E-state index contributed by atoms with van der Waals surface area (Å²) in [6.07, 6.45) is 3.75. The van der Waals surface area contributed by atoms with Gasteiger partial charge in [-0.25, -0.2) is 4.39 Å². The smallest absolute Gasteiger partial charge is 0.136 e. The van der Waals surface area contributed by atoms with Gasteiger partial charge >= 0.3 is 0 Å². The Kier molecular flexibility index (Phi) is 2.76. The highest BCUT2D eigenvalue weighted by Crippen LogP contribution is 2.31. The fraction of sp³-hybridized carbons (Fsp3) is 0.143. The van der Waals surface area contributed by atoms with Gasteiger partial charge in [0, 0.05) is 24.4 Å². The van der Waals surface area contributed by atoms with Crippen molar-refractivity contribution in [2.45, 2.75) is 6.92 Å². The summed E-state index contributed by atoms with van der Waals surface area (Å²) < 4.78 is 13.8. The summed E-state index contributed by atoms with van der Waals surface area (Å²) in [6, 6.07) is 4.15. The van der Waals surface area contributed by atoms with Gasteiger partial charge in [0.05, 0.1) is 5.70 Å². The molecule has 1 N–H and O–H groups in total. The molecule has 1 aromatic carbocycles. The molecule has 0 saturated heterocycles. The van der Waals surface area contributed by atoms with Crippen molar-refractivity contribution in [1.82, 2.24) is 4.90 Å². The largest absolute Gasteiger partial charge is 0.508 e. The van der Waals surface area contributed by atoms with Gasteiger partial charge in [0.2, 0.25) is 0 Å². The molecule has 88 valence electrons. The van der Waals surface area contributed by atoms with E-state index in [4.69, 9.17) is 0 Å². The first-order valence-corrected chi connectivity index (χ1v) is 5.31. The average Bonchev–Trinajstić information content (AvgIpc) is 2.28. The molecule has 2 rings (SSSR count). The molecular weight excluding hydrogens is 217 g/mol. The third kappa shape index (κ3) is 1.96. The standard InChI is InChI=1S/C14H14FNO/c1-9-4-7-14(16(3)10(9)2)12-6-5-11(17)8-13(12)15/h4-8,17H,2H2,1,3H3. The number of phenols is 1. The van der Waals surface area contributed by atoms with Gasteiger partial charge in [0.1, 0.15) is 11.6 Å². The Bertz CT molecular complexity index is 543. The lowest BCUT2D eigenvalue weighted by Crippen LogP contribution is -2.19. The van der Waals surface area contributed by atoms with Gasteiger partial charge in [-0.3, -0.25) is 0 Å². The van der Waals surface area contributed by atoms with Crippen molar-refractivity contribution in [1.29, 1.82) is 0 Å². The van der Waals surface area contributed by atoms with Gasteiger partial charge in [0.25, 0.3) is 0 Å². The van der Waals surface area contributed by atoms with Crippen LogP contribution >= 0.6 is 0 Å². The summed E-state index contributed by atoms with van der Waals surface area (Å²) in [5.41, 5.74) is 3.08. The van der Waals surface area contributed by atoms with Gasteiger partial charge in [0.15, 0.2) is 0 Å². The summed E-state index contributed by atoms with van der Waals surface area (Å²) in [7, 11) is 1.84. The van der Waals surface area contributed by atoms with Crippen LogP contribution in [0.15, 0.2) is 48.2 Å². The second-order valence-electron chi connectivity index (χ2n) is 4.07. The molecule has 0 bridgehead atoms. The third-order valence-corrected chi connectivity index (χ3v) is 2.94. The van der Waals surface area contributed by atoms with Gasteiger partial charge in [-0.1, -0.05) is 12.7 Å². The molecule has 1 heterocycles. The van der Waals surface area contributed by atoms with Crippen molar-refractivity contribution >= 4 is 5.70 Å². The van der Waals surface area contributed by atoms with E-state index in [1.165, 1.54) is 6.07 Å². The monoisotopic (exact) mass is 231 g/mol. The predicted molar refractivity (Wildman–Crippen MR) is 66.7 cm³/mol. The fourth-order valence-corrected chi connectivity index (χ4v) is 1.80. The number of nitrogens with zero attached hydrogens (tertiary/aromatic N) is 1. The molecule has 0 aliphatic carbocycles. The van der Waals surface area contributed by atoms with Crippen molar-refractivity contribution < 1.29 is 9.50 Å². The number of aromatic hydroxyl groups is 1. The molecule has 0 radical (unpaired) electrons. The van der Waals surface area contributed by atoms with Crippen LogP contribution in [-0.2, 0) is 0 Å². The lowest BCUT2D eigenvalue weighted by Gasteiger charge is -2.28. The van der Waals surface area contributed by atoms with E-state index >= 15 is 0 Å². The van der Waals surface area contributed by atoms with Crippen LogP contribution in [0.3, 0.4) is 0 Å². The molecule has 0 saturated carbocycles. The highest BCUT2D eigenvalue weighted by Gasteiger charge is 2.17. The Morgan fingerprint density at radius 3 is 2.65 bits per heavy atom. The summed E-state index contributed by atoms with van der Waals surface area (Å²) in [5.74, 6) is -0.514. The van der Waals surface area contributed by atoms with E-state index < -0.39 is 5.82 Å². The Labute approximate surface area is 100.0 Å². The molecule has 0 unspecified atom stereocenters. The van der Waals surface area contributed by atoms with E-state index in [0.29, 0.717) is 5.56 Å². The van der Waals surface area contributed by atoms with Crippen LogP contribution < -0.4 is 0 Å². The number of halogens is 1. The number of phenolic OH excluding ortho intramolecular Hbond substituents is 1.